The molecule has 0 aromatic carbocycles. The van der Waals surface area contributed by atoms with Gasteiger partial charge in [-0.25, -0.2) is 0 Å². The molecular formula is C16H15ClN6O. The molecule has 122 valence electrons. The van der Waals surface area contributed by atoms with E-state index in [4.69, 9.17) is 17.3 Å². The summed E-state index contributed by atoms with van der Waals surface area (Å²) in [7, 11) is 0. The first-order chi connectivity index (χ1) is 11.6. The van der Waals surface area contributed by atoms with E-state index in [9.17, 15) is 4.79 Å². The van der Waals surface area contributed by atoms with Crippen LogP contribution in [-0.4, -0.2) is 30.6 Å². The second-order valence-corrected chi connectivity index (χ2v) is 6.18. The van der Waals surface area contributed by atoms with E-state index in [1.54, 1.807) is 24.5 Å². The number of nitrogens with one attached hydrogen (secondary N) is 1. The highest BCUT2D eigenvalue weighted by atomic mass is 35.5. The molecule has 1 unspecified atom stereocenters. The minimum absolute atomic E-state index is 0.0839. The number of rotatable bonds is 2. The zero-order valence-corrected chi connectivity index (χ0v) is 13.5. The highest BCUT2D eigenvalue weighted by molar-refractivity contribution is 6.29. The van der Waals surface area contributed by atoms with Crippen LogP contribution in [0.4, 0.5) is 5.95 Å². The van der Waals surface area contributed by atoms with Crippen molar-refractivity contribution in [1.82, 2.24) is 24.7 Å². The molecule has 3 N–H and O–H groups in total. The monoisotopic (exact) mass is 342 g/mol. The molecule has 8 heteroatoms. The van der Waals surface area contributed by atoms with Crippen molar-refractivity contribution in [3.8, 4) is 11.4 Å². The van der Waals surface area contributed by atoms with Crippen LogP contribution in [0.2, 0.25) is 5.15 Å². The van der Waals surface area contributed by atoms with E-state index in [1.165, 1.54) is 4.68 Å². The molecule has 24 heavy (non-hydrogen) atoms. The Morgan fingerprint density at radius 1 is 1.38 bits per heavy atom. The van der Waals surface area contributed by atoms with E-state index >= 15 is 0 Å². The van der Waals surface area contributed by atoms with Crippen molar-refractivity contribution in [3.63, 3.8) is 0 Å². The summed E-state index contributed by atoms with van der Waals surface area (Å²) >= 11 is 6.05. The number of halogens is 1. The minimum atomic E-state index is -0.313. The highest BCUT2D eigenvalue weighted by Crippen LogP contribution is 2.34. The number of fused-ring (bicyclic) bond motifs is 1. The fraction of sp³-hybridized carbons (Fsp3) is 0.250. The fourth-order valence-corrected chi connectivity index (χ4v) is 3.38. The number of pyridine rings is 1. The number of nitrogen functional groups attached to an aromatic ring is 1. The van der Waals surface area contributed by atoms with E-state index in [1.807, 2.05) is 6.07 Å². The van der Waals surface area contributed by atoms with Gasteiger partial charge in [0, 0.05) is 23.7 Å². The standard InChI is InChI=1S/C16H15ClN6O/c17-13-8-11-10(2-1-3-12(11)20-13)15(24)23-16(18)21-14(22-23)9-4-6-19-7-5-9/h4-8,10,20H,1-3H2,(H2,18,21,22). The van der Waals surface area contributed by atoms with Crippen LogP contribution in [-0.2, 0) is 6.42 Å². The highest BCUT2D eigenvalue weighted by Gasteiger charge is 2.31. The summed E-state index contributed by atoms with van der Waals surface area (Å²) in [6.07, 6.45) is 5.82. The number of nitrogens with two attached hydrogens (primary N) is 1. The Bertz CT molecular complexity index is 901. The maximum atomic E-state index is 12.9. The Morgan fingerprint density at radius 3 is 2.96 bits per heavy atom. The van der Waals surface area contributed by atoms with E-state index in [-0.39, 0.29) is 17.8 Å². The van der Waals surface area contributed by atoms with Crippen molar-refractivity contribution in [2.24, 2.45) is 0 Å². The number of carbonyl (C=O) groups excluding carboxylic acids is 1. The Morgan fingerprint density at radius 2 is 2.17 bits per heavy atom. The maximum absolute atomic E-state index is 12.9. The molecule has 0 amide bonds. The van der Waals surface area contributed by atoms with Crippen LogP contribution in [0.25, 0.3) is 11.4 Å². The summed E-state index contributed by atoms with van der Waals surface area (Å²) in [5.74, 6) is -0.00401. The summed E-state index contributed by atoms with van der Waals surface area (Å²) in [4.78, 5) is 24.2. The number of hydrogen-bond donors (Lipinski definition) is 2. The van der Waals surface area contributed by atoms with Gasteiger partial charge in [0.2, 0.25) is 5.95 Å². The molecule has 1 aliphatic carbocycles. The van der Waals surface area contributed by atoms with E-state index in [2.05, 4.69) is 20.1 Å². The van der Waals surface area contributed by atoms with Crippen LogP contribution >= 0.6 is 11.6 Å². The zero-order valence-electron chi connectivity index (χ0n) is 12.7. The van der Waals surface area contributed by atoms with Crippen molar-refractivity contribution in [2.45, 2.75) is 25.2 Å². The third kappa shape index (κ3) is 2.46. The van der Waals surface area contributed by atoms with Gasteiger partial charge in [-0.2, -0.15) is 9.67 Å². The van der Waals surface area contributed by atoms with Gasteiger partial charge in [-0.15, -0.1) is 5.10 Å². The van der Waals surface area contributed by atoms with Crippen LogP contribution in [0.5, 0.6) is 0 Å². The van der Waals surface area contributed by atoms with Crippen LogP contribution in [0, 0.1) is 0 Å². The third-order valence-electron chi connectivity index (χ3n) is 4.27. The normalized spacial score (nSPS) is 16.8. The first-order valence-corrected chi connectivity index (χ1v) is 8.05. The van der Waals surface area contributed by atoms with Crippen molar-refractivity contribution in [3.05, 3.63) is 47.0 Å². The molecule has 3 heterocycles. The lowest BCUT2D eigenvalue weighted by Gasteiger charge is -2.20. The SMILES string of the molecule is Nc1nc(-c2ccncc2)nn1C(=O)C1CCCc2[nH]c(Cl)cc21. The Hall–Kier alpha value is -2.67. The summed E-state index contributed by atoms with van der Waals surface area (Å²) in [5, 5.41) is 4.84. The molecule has 3 aromatic heterocycles. The molecule has 0 bridgehead atoms. The van der Waals surface area contributed by atoms with Crippen molar-refractivity contribution in [2.75, 3.05) is 5.73 Å². The van der Waals surface area contributed by atoms with Crippen molar-refractivity contribution in [1.29, 1.82) is 0 Å². The molecule has 0 saturated heterocycles. The lowest BCUT2D eigenvalue weighted by Crippen LogP contribution is -2.25. The second kappa shape index (κ2) is 5.76. The Kier molecular flexibility index (Phi) is 3.57. The van der Waals surface area contributed by atoms with Gasteiger partial charge in [0.05, 0.1) is 5.92 Å². The van der Waals surface area contributed by atoms with Gasteiger partial charge in [-0.1, -0.05) is 11.6 Å². The lowest BCUT2D eigenvalue weighted by molar-refractivity contribution is 0.0855. The van der Waals surface area contributed by atoms with Gasteiger partial charge in [0.1, 0.15) is 5.15 Å². The average Bonchev–Trinajstić information content (AvgIpc) is 3.16. The molecule has 3 aromatic rings. The van der Waals surface area contributed by atoms with Gasteiger partial charge in [0.15, 0.2) is 5.82 Å². The molecule has 4 rings (SSSR count). The number of H-pyrrole nitrogens is 1. The third-order valence-corrected chi connectivity index (χ3v) is 4.48. The summed E-state index contributed by atoms with van der Waals surface area (Å²) in [6, 6.07) is 5.36. The predicted octanol–water partition coefficient (Wildman–Crippen LogP) is 2.66. The largest absolute Gasteiger partial charge is 0.368 e. The van der Waals surface area contributed by atoms with E-state index < -0.39 is 0 Å². The van der Waals surface area contributed by atoms with Crippen LogP contribution < -0.4 is 5.73 Å². The molecule has 1 atom stereocenters. The number of aromatic amines is 1. The smallest absolute Gasteiger partial charge is 0.257 e. The molecule has 0 radical (unpaired) electrons. The molecule has 0 spiro atoms. The average molecular weight is 343 g/mol. The predicted molar refractivity (Wildman–Crippen MR) is 89.8 cm³/mol. The quantitative estimate of drug-likeness (QED) is 0.745. The molecule has 0 saturated carbocycles. The van der Waals surface area contributed by atoms with E-state index in [0.29, 0.717) is 11.0 Å². The molecule has 0 aliphatic heterocycles. The molecule has 7 nitrogen and oxygen atoms in total. The topological polar surface area (TPSA) is 102 Å². The molecule has 0 fully saturated rings. The van der Waals surface area contributed by atoms with Crippen LogP contribution in [0.1, 0.15) is 34.8 Å². The summed E-state index contributed by atoms with van der Waals surface area (Å²) in [6.45, 7) is 0. The van der Waals surface area contributed by atoms with Crippen LogP contribution in [0.3, 0.4) is 0 Å². The Labute approximate surface area is 142 Å². The van der Waals surface area contributed by atoms with Gasteiger partial charge in [-0.05, 0) is 43.0 Å². The van der Waals surface area contributed by atoms with Gasteiger partial charge < -0.3 is 10.7 Å². The molecule has 1 aliphatic rings. The number of aryl methyl sites for hydroxylation is 1. The van der Waals surface area contributed by atoms with E-state index in [0.717, 1.165) is 36.1 Å². The molecular weight excluding hydrogens is 328 g/mol. The maximum Gasteiger partial charge on any atom is 0.257 e. The van der Waals surface area contributed by atoms with Crippen molar-refractivity contribution >= 4 is 23.5 Å². The number of anilines is 1. The van der Waals surface area contributed by atoms with Gasteiger partial charge in [-0.3, -0.25) is 9.78 Å². The van der Waals surface area contributed by atoms with Crippen LogP contribution in [0.15, 0.2) is 30.6 Å². The first kappa shape index (κ1) is 14.9. The number of carbonyl (C=O) groups is 1. The number of aromatic nitrogens is 5. The first-order valence-electron chi connectivity index (χ1n) is 7.68. The number of nitrogens with zero attached hydrogens (tertiary/aromatic N) is 4. The Balaban J connectivity index is 1.70. The summed E-state index contributed by atoms with van der Waals surface area (Å²) < 4.78 is 1.19. The minimum Gasteiger partial charge on any atom is -0.368 e. The van der Waals surface area contributed by atoms with Gasteiger partial charge in [0.25, 0.3) is 5.91 Å². The van der Waals surface area contributed by atoms with Gasteiger partial charge >= 0.3 is 0 Å². The number of hydrogen-bond acceptors (Lipinski definition) is 5. The second-order valence-electron chi connectivity index (χ2n) is 5.78. The zero-order chi connectivity index (χ0) is 16.7. The lowest BCUT2D eigenvalue weighted by atomic mass is 9.86. The van der Waals surface area contributed by atoms with Crippen molar-refractivity contribution < 1.29 is 4.79 Å². The fourth-order valence-electron chi connectivity index (χ4n) is 3.15. The summed E-state index contributed by atoms with van der Waals surface area (Å²) in [5.41, 5.74) is 8.63.